The molecular weight excluding hydrogens is 588 g/mol. The Balaban J connectivity index is 1.87. The Bertz CT molecular complexity index is 819. The number of allylic oxidation sites excluding steroid dienone is 5. The third-order valence-corrected chi connectivity index (χ3v) is 8.80. The van der Waals surface area contributed by atoms with Gasteiger partial charge in [0.05, 0.1) is 12.2 Å². The summed E-state index contributed by atoms with van der Waals surface area (Å²) in [4.78, 5) is 24.0. The fourth-order valence-electron chi connectivity index (χ4n) is 5.70. The molecule has 0 aromatic carbocycles. The van der Waals surface area contributed by atoms with Crippen LogP contribution < -0.4 is 0 Å². The van der Waals surface area contributed by atoms with Crippen molar-refractivity contribution in [2.75, 3.05) is 13.2 Å². The third-order valence-electron chi connectivity index (χ3n) is 8.80. The second-order valence-corrected chi connectivity index (χ2v) is 13.4. The third kappa shape index (κ3) is 29.9. The molecule has 0 bridgehead atoms. The molecule has 6 heteroatoms. The van der Waals surface area contributed by atoms with E-state index in [1.54, 1.807) is 0 Å². The molecule has 1 saturated heterocycles. The Labute approximate surface area is 289 Å². The van der Waals surface area contributed by atoms with Gasteiger partial charge in [-0.2, -0.15) is 0 Å². The van der Waals surface area contributed by atoms with Crippen molar-refractivity contribution in [3.05, 3.63) is 36.5 Å². The Morgan fingerprint density at radius 2 is 1.02 bits per heavy atom. The maximum Gasteiger partial charge on any atom is 0.305 e. The van der Waals surface area contributed by atoms with Gasteiger partial charge in [0, 0.05) is 12.8 Å². The van der Waals surface area contributed by atoms with E-state index >= 15 is 0 Å². The number of carbonyl (C=O) groups is 2. The number of aliphatic hydroxyl groups is 1. The van der Waals surface area contributed by atoms with Crippen LogP contribution in [0.25, 0.3) is 0 Å². The van der Waals surface area contributed by atoms with E-state index in [2.05, 4.69) is 50.3 Å². The van der Waals surface area contributed by atoms with E-state index in [0.717, 1.165) is 44.9 Å². The second-order valence-electron chi connectivity index (χ2n) is 13.4. The molecule has 0 saturated carbocycles. The predicted molar refractivity (Wildman–Crippen MR) is 195 cm³/mol. The molecule has 272 valence electrons. The molecule has 1 rings (SSSR count). The first-order valence-electron chi connectivity index (χ1n) is 19.7. The highest BCUT2D eigenvalue weighted by atomic mass is 16.6. The van der Waals surface area contributed by atoms with E-state index in [0.29, 0.717) is 19.3 Å². The maximum atomic E-state index is 12.0. The van der Waals surface area contributed by atoms with Gasteiger partial charge in [-0.25, -0.2) is 0 Å². The van der Waals surface area contributed by atoms with E-state index in [9.17, 15) is 14.7 Å². The smallest absolute Gasteiger partial charge is 0.305 e. The van der Waals surface area contributed by atoms with Gasteiger partial charge in [0.15, 0.2) is 0 Å². The number of esters is 2. The van der Waals surface area contributed by atoms with Crippen molar-refractivity contribution >= 4 is 11.9 Å². The van der Waals surface area contributed by atoms with Gasteiger partial charge in [0.2, 0.25) is 0 Å². The standard InChI is InChI=1S/C41H72O6/c1-3-5-7-9-11-13-15-17-18-19-21-23-25-27-29-33-40(43)45-35-37(42)36-46-41(44)34-30-32-39-38(47-39)31-28-26-24-22-20-16-14-12-10-8-6-4-2/h12,14,20,22,26,28,37-39,42H,3-11,13,15-19,21,23-25,27,29-36H2,1-2H3/b14-12-,22-20-,28-26-/t37-,38?,39?/m1/s1. The highest BCUT2D eigenvalue weighted by molar-refractivity contribution is 5.69. The van der Waals surface area contributed by atoms with Gasteiger partial charge in [-0.3, -0.25) is 9.59 Å². The van der Waals surface area contributed by atoms with Crippen LogP contribution in [0.4, 0.5) is 0 Å². The molecule has 0 amide bonds. The van der Waals surface area contributed by atoms with Gasteiger partial charge in [0.25, 0.3) is 0 Å². The van der Waals surface area contributed by atoms with E-state index in [1.165, 1.54) is 103 Å². The molecular formula is C41H72O6. The number of hydrogen-bond acceptors (Lipinski definition) is 6. The van der Waals surface area contributed by atoms with Crippen molar-refractivity contribution in [3.63, 3.8) is 0 Å². The molecule has 1 N–H and O–H groups in total. The Morgan fingerprint density at radius 1 is 0.574 bits per heavy atom. The van der Waals surface area contributed by atoms with E-state index in [-0.39, 0.29) is 37.4 Å². The van der Waals surface area contributed by atoms with Crippen molar-refractivity contribution in [2.24, 2.45) is 0 Å². The number of carbonyl (C=O) groups excluding carboxylic acids is 2. The fraction of sp³-hybridized carbons (Fsp3) is 0.805. The molecule has 1 fully saturated rings. The van der Waals surface area contributed by atoms with E-state index in [4.69, 9.17) is 14.2 Å². The summed E-state index contributed by atoms with van der Waals surface area (Å²) < 4.78 is 16.0. The molecule has 0 aromatic heterocycles. The number of rotatable bonds is 34. The summed E-state index contributed by atoms with van der Waals surface area (Å²) >= 11 is 0. The Kier molecular flexibility index (Phi) is 29.9. The number of aliphatic hydroxyl groups excluding tert-OH is 1. The SMILES string of the molecule is CCCCC/C=C\C/C=C\C/C=C\CC1OC1CCCC(=O)OC[C@H](O)COC(=O)CCCCCCCCCCCCCCCCC. The van der Waals surface area contributed by atoms with Crippen molar-refractivity contribution in [3.8, 4) is 0 Å². The minimum absolute atomic E-state index is 0.137. The van der Waals surface area contributed by atoms with E-state index < -0.39 is 6.10 Å². The van der Waals surface area contributed by atoms with Gasteiger partial charge in [0.1, 0.15) is 19.3 Å². The van der Waals surface area contributed by atoms with Crippen LogP contribution in [0.3, 0.4) is 0 Å². The fourth-order valence-corrected chi connectivity index (χ4v) is 5.70. The minimum Gasteiger partial charge on any atom is -0.463 e. The molecule has 3 atom stereocenters. The van der Waals surface area contributed by atoms with Crippen molar-refractivity contribution in [2.45, 2.75) is 199 Å². The molecule has 0 radical (unpaired) electrons. The largest absolute Gasteiger partial charge is 0.463 e. The number of ether oxygens (including phenoxy) is 3. The van der Waals surface area contributed by atoms with E-state index in [1.807, 2.05) is 0 Å². The van der Waals surface area contributed by atoms with Crippen LogP contribution in [0.5, 0.6) is 0 Å². The summed E-state index contributed by atoms with van der Waals surface area (Å²) in [6.45, 7) is 4.21. The van der Waals surface area contributed by atoms with Crippen LogP contribution in [0.1, 0.15) is 181 Å². The number of epoxide rings is 1. The first kappa shape index (κ1) is 43.1. The topological polar surface area (TPSA) is 85.4 Å². The van der Waals surface area contributed by atoms with Crippen LogP contribution >= 0.6 is 0 Å². The monoisotopic (exact) mass is 661 g/mol. The molecule has 0 aromatic rings. The summed E-state index contributed by atoms with van der Waals surface area (Å²) in [7, 11) is 0. The number of unbranched alkanes of at least 4 members (excludes halogenated alkanes) is 17. The minimum atomic E-state index is -0.992. The van der Waals surface area contributed by atoms with Crippen LogP contribution in [-0.4, -0.2) is 48.6 Å². The average Bonchev–Trinajstić information content (AvgIpc) is 3.82. The molecule has 6 nitrogen and oxygen atoms in total. The van der Waals surface area contributed by atoms with Gasteiger partial charge in [-0.05, 0) is 51.4 Å². The molecule has 1 heterocycles. The lowest BCUT2D eigenvalue weighted by atomic mass is 10.0. The quantitative estimate of drug-likeness (QED) is 0.0320. The Hall–Kier alpha value is -1.92. The number of hydrogen-bond donors (Lipinski definition) is 1. The zero-order chi connectivity index (χ0) is 34.0. The lowest BCUT2D eigenvalue weighted by Crippen LogP contribution is -2.25. The second kappa shape index (κ2) is 32.6. The van der Waals surface area contributed by atoms with Crippen molar-refractivity contribution in [1.82, 2.24) is 0 Å². The Morgan fingerprint density at radius 3 is 1.57 bits per heavy atom. The highest BCUT2D eigenvalue weighted by Crippen LogP contribution is 2.30. The van der Waals surface area contributed by atoms with Crippen molar-refractivity contribution in [1.29, 1.82) is 0 Å². The van der Waals surface area contributed by atoms with Crippen molar-refractivity contribution < 1.29 is 28.9 Å². The van der Waals surface area contributed by atoms with Crippen LogP contribution in [0, 0.1) is 0 Å². The van der Waals surface area contributed by atoms with Crippen LogP contribution in [0.2, 0.25) is 0 Å². The molecule has 0 spiro atoms. The zero-order valence-electron chi connectivity index (χ0n) is 30.5. The highest BCUT2D eigenvalue weighted by Gasteiger charge is 2.36. The summed E-state index contributed by atoms with van der Waals surface area (Å²) in [5, 5.41) is 10.0. The summed E-state index contributed by atoms with van der Waals surface area (Å²) in [6.07, 6.45) is 42.2. The molecule has 47 heavy (non-hydrogen) atoms. The average molecular weight is 661 g/mol. The lowest BCUT2D eigenvalue weighted by Gasteiger charge is -2.12. The molecule has 1 aliphatic rings. The maximum absolute atomic E-state index is 12.0. The summed E-state index contributed by atoms with van der Waals surface area (Å²) in [5.41, 5.74) is 0. The molecule has 0 aliphatic carbocycles. The molecule has 2 unspecified atom stereocenters. The lowest BCUT2D eigenvalue weighted by molar-refractivity contribution is -0.152. The first-order chi connectivity index (χ1) is 23.1. The summed E-state index contributed by atoms with van der Waals surface area (Å²) in [5.74, 6) is -0.635. The van der Waals surface area contributed by atoms with Gasteiger partial charge >= 0.3 is 11.9 Å². The van der Waals surface area contributed by atoms with Gasteiger partial charge < -0.3 is 19.3 Å². The van der Waals surface area contributed by atoms with Crippen LogP contribution in [0.15, 0.2) is 36.5 Å². The van der Waals surface area contributed by atoms with Gasteiger partial charge in [-0.15, -0.1) is 0 Å². The first-order valence-corrected chi connectivity index (χ1v) is 19.7. The van der Waals surface area contributed by atoms with Gasteiger partial charge in [-0.1, -0.05) is 153 Å². The van der Waals surface area contributed by atoms with Crippen LogP contribution in [-0.2, 0) is 23.8 Å². The predicted octanol–water partition coefficient (Wildman–Crippen LogP) is 11.1. The normalized spacial score (nSPS) is 16.8. The molecule has 1 aliphatic heterocycles. The zero-order valence-corrected chi connectivity index (χ0v) is 30.5. The summed E-state index contributed by atoms with van der Waals surface area (Å²) in [6, 6.07) is 0.